The highest BCUT2D eigenvalue weighted by atomic mass is 16.2. The Morgan fingerprint density at radius 3 is 2.85 bits per heavy atom. The molecule has 8 heteroatoms. The van der Waals surface area contributed by atoms with Crippen molar-refractivity contribution in [2.24, 2.45) is 0 Å². The Hall–Kier alpha value is -3.52. The first-order chi connectivity index (χ1) is 16.1. The third-order valence-corrected chi connectivity index (χ3v) is 6.49. The second-order valence-electron chi connectivity index (χ2n) is 8.68. The number of benzene rings is 1. The maximum Gasteiger partial charge on any atom is 0.269 e. The van der Waals surface area contributed by atoms with Gasteiger partial charge in [-0.1, -0.05) is 25.8 Å². The Labute approximate surface area is 192 Å². The van der Waals surface area contributed by atoms with Crippen LogP contribution in [-0.4, -0.2) is 43.6 Å². The van der Waals surface area contributed by atoms with Gasteiger partial charge in [0, 0.05) is 35.9 Å². The average Bonchev–Trinajstić information content (AvgIpc) is 3.58. The maximum atomic E-state index is 12.6. The highest BCUT2D eigenvalue weighted by molar-refractivity contribution is 5.96. The van der Waals surface area contributed by atoms with Crippen LogP contribution in [0.1, 0.15) is 54.2 Å². The second-order valence-corrected chi connectivity index (χ2v) is 8.68. The van der Waals surface area contributed by atoms with Crippen LogP contribution in [0.2, 0.25) is 0 Å². The first-order valence-corrected chi connectivity index (χ1v) is 11.6. The molecule has 1 saturated carbocycles. The summed E-state index contributed by atoms with van der Waals surface area (Å²) in [6.45, 7) is 5.93. The number of fused-ring (bicyclic) bond motifs is 1. The van der Waals surface area contributed by atoms with Crippen molar-refractivity contribution in [1.82, 2.24) is 35.8 Å². The fourth-order valence-electron chi connectivity index (χ4n) is 4.55. The van der Waals surface area contributed by atoms with E-state index in [9.17, 15) is 4.79 Å². The van der Waals surface area contributed by atoms with Crippen molar-refractivity contribution in [2.75, 3.05) is 6.54 Å². The van der Waals surface area contributed by atoms with Crippen LogP contribution in [0, 0.1) is 6.92 Å². The average molecular weight is 444 g/mol. The largest absolute Gasteiger partial charge is 0.348 e. The number of amides is 1. The highest BCUT2D eigenvalue weighted by Crippen LogP contribution is 2.31. The molecule has 33 heavy (non-hydrogen) atoms. The van der Waals surface area contributed by atoms with Crippen LogP contribution in [0.5, 0.6) is 0 Å². The maximum absolute atomic E-state index is 12.6. The van der Waals surface area contributed by atoms with Crippen molar-refractivity contribution in [3.05, 3.63) is 53.6 Å². The van der Waals surface area contributed by atoms with Gasteiger partial charge in [-0.05, 0) is 55.1 Å². The van der Waals surface area contributed by atoms with E-state index in [1.807, 2.05) is 18.5 Å². The fraction of sp³-hybridized carbons (Fsp3) is 0.360. The van der Waals surface area contributed by atoms with Gasteiger partial charge in [0.05, 0.1) is 11.7 Å². The molecule has 0 bridgehead atoms. The molecule has 0 unspecified atom stereocenters. The Morgan fingerprint density at radius 2 is 2.03 bits per heavy atom. The predicted molar refractivity (Wildman–Crippen MR) is 129 cm³/mol. The van der Waals surface area contributed by atoms with E-state index in [4.69, 9.17) is 0 Å². The van der Waals surface area contributed by atoms with Crippen molar-refractivity contribution in [3.8, 4) is 22.6 Å². The van der Waals surface area contributed by atoms with Crippen LogP contribution < -0.4 is 10.6 Å². The summed E-state index contributed by atoms with van der Waals surface area (Å²) in [6, 6.07) is 6.47. The molecule has 1 amide bonds. The van der Waals surface area contributed by atoms with Crippen LogP contribution in [0.15, 0.2) is 36.8 Å². The number of pyridine rings is 1. The van der Waals surface area contributed by atoms with Crippen molar-refractivity contribution < 1.29 is 4.79 Å². The lowest BCUT2D eigenvalue weighted by Crippen LogP contribution is -2.32. The van der Waals surface area contributed by atoms with Crippen molar-refractivity contribution in [3.63, 3.8) is 0 Å². The molecule has 4 aromatic rings. The number of hydrogen-bond acceptors (Lipinski definition) is 5. The lowest BCUT2D eigenvalue weighted by atomic mass is 9.98. The summed E-state index contributed by atoms with van der Waals surface area (Å²) in [4.78, 5) is 24.7. The van der Waals surface area contributed by atoms with E-state index in [0.29, 0.717) is 17.2 Å². The number of hydrogen-bond donors (Lipinski definition) is 4. The van der Waals surface area contributed by atoms with E-state index in [0.717, 1.165) is 48.0 Å². The van der Waals surface area contributed by atoms with Gasteiger partial charge >= 0.3 is 0 Å². The van der Waals surface area contributed by atoms with E-state index in [1.54, 1.807) is 6.20 Å². The van der Waals surface area contributed by atoms with Crippen molar-refractivity contribution >= 4 is 16.8 Å². The standard InChI is InChI=1S/C25H29N7O/c1-3-26-11-17-12-27-13-20(15(17)2)16-8-9-21-19(10-16)23(32-31-21)24-28-14-22(30-24)25(33)29-18-6-4-5-7-18/h8-10,12-14,18,26H,3-7,11H2,1-2H3,(H,28,30)(H,29,33)(H,31,32). The van der Waals surface area contributed by atoms with Crippen molar-refractivity contribution in [1.29, 1.82) is 0 Å². The minimum Gasteiger partial charge on any atom is -0.348 e. The van der Waals surface area contributed by atoms with Crippen LogP contribution >= 0.6 is 0 Å². The van der Waals surface area contributed by atoms with Gasteiger partial charge in [-0.15, -0.1) is 0 Å². The molecule has 0 aliphatic heterocycles. The Kier molecular flexibility index (Phi) is 5.92. The molecule has 0 atom stereocenters. The quantitative estimate of drug-likeness (QED) is 0.344. The van der Waals surface area contributed by atoms with E-state index < -0.39 is 0 Å². The molecule has 1 aliphatic rings. The van der Waals surface area contributed by atoms with Gasteiger partial charge in [0.1, 0.15) is 11.4 Å². The minimum atomic E-state index is -0.111. The molecule has 170 valence electrons. The number of carbonyl (C=O) groups is 1. The monoisotopic (exact) mass is 443 g/mol. The number of carbonyl (C=O) groups excluding carboxylic acids is 1. The number of aromatic amines is 2. The molecule has 8 nitrogen and oxygen atoms in total. The van der Waals surface area contributed by atoms with Gasteiger partial charge in [0.15, 0.2) is 5.82 Å². The summed E-state index contributed by atoms with van der Waals surface area (Å²) in [5.74, 6) is 0.464. The van der Waals surface area contributed by atoms with E-state index in [2.05, 4.69) is 61.8 Å². The number of nitrogens with zero attached hydrogens (tertiary/aromatic N) is 3. The number of imidazole rings is 1. The zero-order chi connectivity index (χ0) is 22.8. The second kappa shape index (κ2) is 9.15. The SMILES string of the molecule is CCNCc1cncc(-c2ccc3[nH]nc(-c4ncc(C(=O)NC5CCCC5)[nH]4)c3c2)c1C. The first kappa shape index (κ1) is 21.3. The van der Waals surface area contributed by atoms with Crippen LogP contribution in [0.25, 0.3) is 33.5 Å². The Balaban J connectivity index is 1.45. The van der Waals surface area contributed by atoms with E-state index in [-0.39, 0.29) is 11.9 Å². The summed E-state index contributed by atoms with van der Waals surface area (Å²) >= 11 is 0. The molecule has 3 heterocycles. The minimum absolute atomic E-state index is 0.111. The summed E-state index contributed by atoms with van der Waals surface area (Å²) in [7, 11) is 0. The van der Waals surface area contributed by atoms with Gasteiger partial charge in [-0.2, -0.15) is 5.10 Å². The smallest absolute Gasteiger partial charge is 0.269 e. The summed E-state index contributed by atoms with van der Waals surface area (Å²) < 4.78 is 0. The first-order valence-electron chi connectivity index (χ1n) is 11.6. The summed E-state index contributed by atoms with van der Waals surface area (Å²) in [5.41, 5.74) is 6.62. The van der Waals surface area contributed by atoms with Crippen LogP contribution in [0.3, 0.4) is 0 Å². The number of H-pyrrole nitrogens is 2. The third kappa shape index (κ3) is 4.26. The fourth-order valence-corrected chi connectivity index (χ4v) is 4.55. The number of nitrogens with one attached hydrogen (secondary N) is 4. The summed E-state index contributed by atoms with van der Waals surface area (Å²) in [5, 5.41) is 15.0. The van der Waals surface area contributed by atoms with Crippen LogP contribution in [-0.2, 0) is 6.54 Å². The third-order valence-electron chi connectivity index (χ3n) is 6.49. The zero-order valence-electron chi connectivity index (χ0n) is 19.0. The molecule has 5 rings (SSSR count). The highest BCUT2D eigenvalue weighted by Gasteiger charge is 2.20. The Morgan fingerprint density at radius 1 is 1.18 bits per heavy atom. The predicted octanol–water partition coefficient (Wildman–Crippen LogP) is 4.11. The molecular weight excluding hydrogens is 414 g/mol. The molecule has 0 spiro atoms. The molecule has 1 aliphatic carbocycles. The van der Waals surface area contributed by atoms with Crippen LogP contribution in [0.4, 0.5) is 0 Å². The lowest BCUT2D eigenvalue weighted by Gasteiger charge is -2.11. The molecule has 1 fully saturated rings. The normalized spacial score (nSPS) is 14.2. The van der Waals surface area contributed by atoms with E-state index >= 15 is 0 Å². The zero-order valence-corrected chi connectivity index (χ0v) is 19.0. The Bertz CT molecular complexity index is 1280. The van der Waals surface area contributed by atoms with Gasteiger partial charge < -0.3 is 15.6 Å². The molecule has 0 saturated heterocycles. The molecule has 4 N–H and O–H groups in total. The van der Waals surface area contributed by atoms with Gasteiger partial charge in [0.25, 0.3) is 5.91 Å². The van der Waals surface area contributed by atoms with Gasteiger partial charge in [-0.25, -0.2) is 4.98 Å². The molecular formula is C25H29N7O. The number of rotatable bonds is 7. The summed E-state index contributed by atoms with van der Waals surface area (Å²) in [6.07, 6.45) is 9.85. The van der Waals surface area contributed by atoms with Crippen molar-refractivity contribution in [2.45, 2.75) is 52.1 Å². The lowest BCUT2D eigenvalue weighted by molar-refractivity contribution is 0.0933. The van der Waals surface area contributed by atoms with E-state index in [1.165, 1.54) is 24.0 Å². The van der Waals surface area contributed by atoms with Gasteiger partial charge in [-0.3, -0.25) is 14.9 Å². The number of aromatic nitrogens is 5. The topological polar surface area (TPSA) is 111 Å². The van der Waals surface area contributed by atoms with Gasteiger partial charge in [0.2, 0.25) is 0 Å². The molecule has 3 aromatic heterocycles. The molecule has 1 aromatic carbocycles. The molecule has 0 radical (unpaired) electrons.